The van der Waals surface area contributed by atoms with Gasteiger partial charge < -0.3 is 10.8 Å². The van der Waals surface area contributed by atoms with Gasteiger partial charge in [0.2, 0.25) is 10.0 Å². The molecule has 1 aliphatic rings. The van der Waals surface area contributed by atoms with E-state index in [-0.39, 0.29) is 22.4 Å². The minimum atomic E-state index is -3.55. The topological polar surface area (TPSA) is 92.4 Å². The van der Waals surface area contributed by atoms with Crippen molar-refractivity contribution in [2.45, 2.75) is 23.8 Å². The Morgan fingerprint density at radius 1 is 1.44 bits per heavy atom. The molecule has 0 amide bonds. The Balaban J connectivity index is 2.16. The highest BCUT2D eigenvalue weighted by atomic mass is 32.2. The molecule has 2 rings (SSSR count). The maximum atomic E-state index is 12.1. The molecule has 0 radical (unpaired) electrons. The van der Waals surface area contributed by atoms with Crippen LogP contribution in [0.25, 0.3) is 0 Å². The van der Waals surface area contributed by atoms with Crippen LogP contribution in [0, 0.1) is 0 Å². The van der Waals surface area contributed by atoms with E-state index < -0.39 is 10.0 Å². The Morgan fingerprint density at radius 3 is 2.83 bits per heavy atom. The van der Waals surface area contributed by atoms with Gasteiger partial charge in [-0.3, -0.25) is 0 Å². The molecule has 1 aliphatic heterocycles. The van der Waals surface area contributed by atoms with Crippen LogP contribution in [0.15, 0.2) is 23.1 Å². The van der Waals surface area contributed by atoms with E-state index in [0.29, 0.717) is 0 Å². The molecule has 0 spiro atoms. The normalized spacial score (nSPS) is 20.8. The number of rotatable bonds is 3. The first-order valence-electron chi connectivity index (χ1n) is 5.67. The molecule has 18 heavy (non-hydrogen) atoms. The number of aromatic hydroxyl groups is 1. The third-order valence-corrected chi connectivity index (χ3v) is 5.53. The Bertz CT molecular complexity index is 525. The summed E-state index contributed by atoms with van der Waals surface area (Å²) in [6, 6.07) is 3.89. The first kappa shape index (κ1) is 13.5. The SMILES string of the molecule is Nc1cc(S(=O)(=O)NC2CCCSC2)ccc1O. The van der Waals surface area contributed by atoms with Crippen LogP contribution in [0.3, 0.4) is 0 Å². The van der Waals surface area contributed by atoms with E-state index in [1.165, 1.54) is 18.2 Å². The number of thioether (sulfide) groups is 1. The first-order valence-corrected chi connectivity index (χ1v) is 8.31. The highest BCUT2D eigenvalue weighted by molar-refractivity contribution is 7.99. The van der Waals surface area contributed by atoms with E-state index >= 15 is 0 Å². The number of nitrogens with two attached hydrogens (primary N) is 1. The van der Waals surface area contributed by atoms with E-state index in [1.54, 1.807) is 11.8 Å². The van der Waals surface area contributed by atoms with E-state index in [0.717, 1.165) is 24.3 Å². The number of phenols is 1. The van der Waals surface area contributed by atoms with Gasteiger partial charge in [0, 0.05) is 11.8 Å². The second kappa shape index (κ2) is 5.38. The molecule has 100 valence electrons. The van der Waals surface area contributed by atoms with Crippen LogP contribution in [0.1, 0.15) is 12.8 Å². The smallest absolute Gasteiger partial charge is 0.240 e. The number of phenolic OH excluding ortho intramolecular Hbond substituents is 1. The number of anilines is 1. The summed E-state index contributed by atoms with van der Waals surface area (Å²) < 4.78 is 26.9. The summed E-state index contributed by atoms with van der Waals surface area (Å²) in [5.41, 5.74) is 5.57. The predicted molar refractivity (Wildman–Crippen MR) is 73.2 cm³/mol. The molecule has 1 aromatic rings. The average molecular weight is 288 g/mol. The van der Waals surface area contributed by atoms with Crippen LogP contribution in [-0.4, -0.2) is 31.1 Å². The number of nitrogen functional groups attached to an aromatic ring is 1. The van der Waals surface area contributed by atoms with Crippen molar-refractivity contribution in [3.05, 3.63) is 18.2 Å². The minimum Gasteiger partial charge on any atom is -0.506 e. The van der Waals surface area contributed by atoms with Crippen molar-refractivity contribution in [1.82, 2.24) is 4.72 Å². The second-order valence-electron chi connectivity index (χ2n) is 4.26. The molecule has 1 atom stereocenters. The fourth-order valence-corrected chi connectivity index (χ4v) is 4.30. The summed E-state index contributed by atoms with van der Waals surface area (Å²) in [6.07, 6.45) is 1.88. The maximum absolute atomic E-state index is 12.1. The lowest BCUT2D eigenvalue weighted by Gasteiger charge is -2.22. The first-order chi connectivity index (χ1) is 8.49. The van der Waals surface area contributed by atoms with Gasteiger partial charge in [-0.2, -0.15) is 11.8 Å². The van der Waals surface area contributed by atoms with Crippen LogP contribution >= 0.6 is 11.8 Å². The van der Waals surface area contributed by atoms with E-state index in [9.17, 15) is 13.5 Å². The van der Waals surface area contributed by atoms with Gasteiger partial charge in [0.25, 0.3) is 0 Å². The van der Waals surface area contributed by atoms with E-state index in [2.05, 4.69) is 4.72 Å². The number of sulfonamides is 1. The van der Waals surface area contributed by atoms with Crippen LogP contribution in [-0.2, 0) is 10.0 Å². The molecule has 4 N–H and O–H groups in total. The van der Waals surface area contributed by atoms with Gasteiger partial charge in [0.15, 0.2) is 0 Å². The number of hydrogen-bond acceptors (Lipinski definition) is 5. The molecule has 7 heteroatoms. The van der Waals surface area contributed by atoms with Crippen LogP contribution in [0.5, 0.6) is 5.75 Å². The highest BCUT2D eigenvalue weighted by Gasteiger charge is 2.22. The fourth-order valence-electron chi connectivity index (χ4n) is 1.82. The molecule has 1 aromatic carbocycles. The minimum absolute atomic E-state index is 0.0243. The predicted octanol–water partition coefficient (Wildman–Crippen LogP) is 1.15. The summed E-state index contributed by atoms with van der Waals surface area (Å²) in [5, 5.41) is 9.29. The van der Waals surface area contributed by atoms with Gasteiger partial charge in [-0.1, -0.05) is 0 Å². The van der Waals surface area contributed by atoms with Gasteiger partial charge in [0.05, 0.1) is 10.6 Å². The molecule has 0 bridgehead atoms. The van der Waals surface area contributed by atoms with Crippen molar-refractivity contribution < 1.29 is 13.5 Å². The van der Waals surface area contributed by atoms with Crippen LogP contribution in [0.4, 0.5) is 5.69 Å². The molecule has 1 heterocycles. The number of nitrogens with one attached hydrogen (secondary N) is 1. The Morgan fingerprint density at radius 2 is 2.22 bits per heavy atom. The van der Waals surface area contributed by atoms with Crippen molar-refractivity contribution in [2.24, 2.45) is 0 Å². The lowest BCUT2D eigenvalue weighted by Crippen LogP contribution is -2.38. The molecular formula is C11H16N2O3S2. The van der Waals surface area contributed by atoms with Gasteiger partial charge in [0.1, 0.15) is 5.75 Å². The monoisotopic (exact) mass is 288 g/mol. The summed E-state index contributed by atoms with van der Waals surface area (Å²) in [4.78, 5) is 0.0911. The number of hydrogen-bond donors (Lipinski definition) is 3. The van der Waals surface area contributed by atoms with Gasteiger partial charge >= 0.3 is 0 Å². The van der Waals surface area contributed by atoms with Crippen molar-refractivity contribution in [2.75, 3.05) is 17.2 Å². The number of benzene rings is 1. The average Bonchev–Trinajstić information content (AvgIpc) is 2.33. The zero-order valence-corrected chi connectivity index (χ0v) is 11.4. The van der Waals surface area contributed by atoms with Crippen molar-refractivity contribution in [1.29, 1.82) is 0 Å². The van der Waals surface area contributed by atoms with E-state index in [1.807, 2.05) is 0 Å². The lowest BCUT2D eigenvalue weighted by atomic mass is 10.2. The fraction of sp³-hybridized carbons (Fsp3) is 0.455. The Hall–Kier alpha value is -0.920. The molecule has 5 nitrogen and oxygen atoms in total. The molecule has 1 unspecified atom stereocenters. The summed E-state index contributed by atoms with van der Waals surface area (Å²) in [5.74, 6) is 1.78. The largest absolute Gasteiger partial charge is 0.506 e. The molecule has 0 aliphatic carbocycles. The van der Waals surface area contributed by atoms with Crippen LogP contribution < -0.4 is 10.5 Å². The lowest BCUT2D eigenvalue weighted by molar-refractivity contribution is 0.477. The maximum Gasteiger partial charge on any atom is 0.240 e. The summed E-state index contributed by atoms with van der Waals surface area (Å²) >= 11 is 1.75. The summed E-state index contributed by atoms with van der Waals surface area (Å²) in [6.45, 7) is 0. The standard InChI is InChI=1S/C11H16N2O3S2/c12-10-6-9(3-4-11(10)14)18(15,16)13-8-2-1-5-17-7-8/h3-4,6,8,13-14H,1-2,5,7,12H2. The molecule has 1 fully saturated rings. The van der Waals surface area contributed by atoms with Gasteiger partial charge in [-0.05, 0) is 36.8 Å². The summed E-state index contributed by atoms with van der Waals surface area (Å²) in [7, 11) is -3.55. The van der Waals surface area contributed by atoms with Crippen LogP contribution in [0.2, 0.25) is 0 Å². The molecule has 0 aromatic heterocycles. The third kappa shape index (κ3) is 3.09. The zero-order chi connectivity index (χ0) is 13.2. The van der Waals surface area contributed by atoms with E-state index in [4.69, 9.17) is 5.73 Å². The zero-order valence-electron chi connectivity index (χ0n) is 9.80. The molecule has 1 saturated heterocycles. The third-order valence-electron chi connectivity index (χ3n) is 2.79. The second-order valence-corrected chi connectivity index (χ2v) is 7.12. The molecular weight excluding hydrogens is 272 g/mol. The van der Waals surface area contributed by atoms with Crippen molar-refractivity contribution in [3.8, 4) is 5.75 Å². The van der Waals surface area contributed by atoms with Crippen molar-refractivity contribution >= 4 is 27.5 Å². The van der Waals surface area contributed by atoms with Gasteiger partial charge in [-0.25, -0.2) is 13.1 Å². The quantitative estimate of drug-likeness (QED) is 0.573. The Kier molecular flexibility index (Phi) is 4.04. The van der Waals surface area contributed by atoms with Crippen molar-refractivity contribution in [3.63, 3.8) is 0 Å². The highest BCUT2D eigenvalue weighted by Crippen LogP contribution is 2.24. The Labute approximate surface area is 111 Å². The van der Waals surface area contributed by atoms with Gasteiger partial charge in [-0.15, -0.1) is 0 Å². The molecule has 0 saturated carbocycles.